The number of nitrogens with two attached hydrogens (primary N) is 1. The van der Waals surface area contributed by atoms with Crippen LogP contribution in [0.1, 0.15) is 59.8 Å². The molecule has 3 nitrogen and oxygen atoms in total. The molecule has 0 aromatic rings. The Labute approximate surface area is 107 Å². The highest BCUT2D eigenvalue weighted by Crippen LogP contribution is 2.26. The smallest absolute Gasteiger partial charge is 0.0389 e. The van der Waals surface area contributed by atoms with Gasteiger partial charge in [-0.25, -0.2) is 0 Å². The Morgan fingerprint density at radius 3 is 2.18 bits per heavy atom. The normalized spacial score (nSPS) is 20.8. The average Bonchev–Trinajstić information content (AvgIpc) is 2.30. The number of likely N-dealkylation sites (tertiary alicyclic amines) is 1. The summed E-state index contributed by atoms with van der Waals surface area (Å²) in [4.78, 5) is 2.61. The number of hydrazine groups is 1. The van der Waals surface area contributed by atoms with Crippen molar-refractivity contribution in [2.24, 2.45) is 11.8 Å². The zero-order valence-corrected chi connectivity index (χ0v) is 12.1. The van der Waals surface area contributed by atoms with Crippen LogP contribution in [0.5, 0.6) is 0 Å². The Hall–Kier alpha value is -0.120. The molecular formula is C14H31N3. The number of nitrogens with zero attached hydrogens (tertiary/aromatic N) is 1. The van der Waals surface area contributed by atoms with Gasteiger partial charge in [0.15, 0.2) is 0 Å². The molecule has 0 aromatic carbocycles. The van der Waals surface area contributed by atoms with Crippen LogP contribution in [0, 0.1) is 5.92 Å². The van der Waals surface area contributed by atoms with Crippen LogP contribution in [0.2, 0.25) is 0 Å². The van der Waals surface area contributed by atoms with Gasteiger partial charge in [0.2, 0.25) is 0 Å². The van der Waals surface area contributed by atoms with Gasteiger partial charge in [0.25, 0.3) is 0 Å². The minimum absolute atomic E-state index is 0.171. The van der Waals surface area contributed by atoms with Gasteiger partial charge in [-0.3, -0.25) is 16.2 Å². The van der Waals surface area contributed by atoms with Crippen molar-refractivity contribution in [2.75, 3.05) is 13.1 Å². The first-order valence-electron chi connectivity index (χ1n) is 7.19. The molecule has 17 heavy (non-hydrogen) atoms. The largest absolute Gasteiger partial charge is 0.297 e. The molecule has 1 aliphatic rings. The minimum atomic E-state index is 0.171. The second-order valence-electron chi connectivity index (χ2n) is 6.39. The Kier molecular flexibility index (Phi) is 5.90. The van der Waals surface area contributed by atoms with Gasteiger partial charge in [-0.15, -0.1) is 0 Å². The molecule has 0 bridgehead atoms. The summed E-state index contributed by atoms with van der Waals surface area (Å²) in [5.74, 6) is 6.53. The maximum atomic E-state index is 5.78. The zero-order chi connectivity index (χ0) is 12.9. The SMILES string of the molecule is CC(C)CCC(NN)C(C)(C)N1CCCCC1. The van der Waals surface area contributed by atoms with Crippen molar-refractivity contribution in [3.63, 3.8) is 0 Å². The van der Waals surface area contributed by atoms with Crippen molar-refractivity contribution in [1.29, 1.82) is 0 Å². The van der Waals surface area contributed by atoms with Crippen LogP contribution in [0.25, 0.3) is 0 Å². The van der Waals surface area contributed by atoms with Gasteiger partial charge in [-0.2, -0.15) is 0 Å². The van der Waals surface area contributed by atoms with Gasteiger partial charge < -0.3 is 0 Å². The summed E-state index contributed by atoms with van der Waals surface area (Å²) < 4.78 is 0. The second kappa shape index (κ2) is 6.72. The zero-order valence-electron chi connectivity index (χ0n) is 12.1. The third-order valence-corrected chi connectivity index (χ3v) is 4.26. The highest BCUT2D eigenvalue weighted by Gasteiger charge is 2.35. The van der Waals surface area contributed by atoms with E-state index in [0.717, 1.165) is 12.3 Å². The molecule has 1 heterocycles. The molecule has 102 valence electrons. The summed E-state index contributed by atoms with van der Waals surface area (Å²) in [6.07, 6.45) is 6.47. The lowest BCUT2D eigenvalue weighted by molar-refractivity contribution is 0.0565. The summed E-state index contributed by atoms with van der Waals surface area (Å²) in [7, 11) is 0. The van der Waals surface area contributed by atoms with Crippen molar-refractivity contribution in [3.05, 3.63) is 0 Å². The molecule has 0 aromatic heterocycles. The molecule has 1 rings (SSSR count). The van der Waals surface area contributed by atoms with E-state index in [9.17, 15) is 0 Å². The van der Waals surface area contributed by atoms with Crippen molar-refractivity contribution < 1.29 is 0 Å². The number of hydrogen-bond acceptors (Lipinski definition) is 3. The Morgan fingerprint density at radius 1 is 1.12 bits per heavy atom. The van der Waals surface area contributed by atoms with E-state index in [-0.39, 0.29) is 5.54 Å². The van der Waals surface area contributed by atoms with E-state index in [1.165, 1.54) is 38.8 Å². The molecule has 0 aliphatic carbocycles. The Morgan fingerprint density at radius 2 is 1.71 bits per heavy atom. The van der Waals surface area contributed by atoms with Gasteiger partial charge in [-0.1, -0.05) is 20.3 Å². The first kappa shape index (κ1) is 14.9. The summed E-state index contributed by atoms with van der Waals surface area (Å²) in [6.45, 7) is 11.7. The highest BCUT2D eigenvalue weighted by molar-refractivity contribution is 4.93. The number of hydrogen-bond donors (Lipinski definition) is 2. The summed E-state index contributed by atoms with van der Waals surface area (Å²) in [6, 6.07) is 0.392. The van der Waals surface area contributed by atoms with E-state index in [2.05, 4.69) is 38.0 Å². The van der Waals surface area contributed by atoms with Gasteiger partial charge >= 0.3 is 0 Å². The lowest BCUT2D eigenvalue weighted by Crippen LogP contribution is -2.60. The van der Waals surface area contributed by atoms with E-state index in [1.54, 1.807) is 0 Å². The Balaban J connectivity index is 2.56. The molecule has 1 unspecified atom stereocenters. The molecular weight excluding hydrogens is 210 g/mol. The molecule has 1 saturated heterocycles. The maximum Gasteiger partial charge on any atom is 0.0389 e. The van der Waals surface area contributed by atoms with Gasteiger partial charge in [0.1, 0.15) is 0 Å². The lowest BCUT2D eigenvalue weighted by Gasteiger charge is -2.46. The van der Waals surface area contributed by atoms with Crippen molar-refractivity contribution in [3.8, 4) is 0 Å². The van der Waals surface area contributed by atoms with Crippen molar-refractivity contribution in [2.45, 2.75) is 71.4 Å². The topological polar surface area (TPSA) is 41.3 Å². The molecule has 0 amide bonds. The number of piperidine rings is 1. The van der Waals surface area contributed by atoms with Crippen LogP contribution >= 0.6 is 0 Å². The fraction of sp³-hybridized carbons (Fsp3) is 1.00. The standard InChI is InChI=1S/C14H31N3/c1-12(2)8-9-13(16-15)14(3,4)17-10-6-5-7-11-17/h12-13,16H,5-11,15H2,1-4H3. The third kappa shape index (κ3) is 4.23. The first-order chi connectivity index (χ1) is 7.98. The van der Waals surface area contributed by atoms with Crippen molar-refractivity contribution in [1.82, 2.24) is 10.3 Å². The lowest BCUT2D eigenvalue weighted by atomic mass is 9.86. The molecule has 3 N–H and O–H groups in total. The van der Waals surface area contributed by atoms with E-state index in [1.807, 2.05) is 0 Å². The number of nitrogens with one attached hydrogen (secondary N) is 1. The predicted octanol–water partition coefficient (Wildman–Crippen LogP) is 2.52. The number of rotatable bonds is 6. The van der Waals surface area contributed by atoms with Gasteiger partial charge in [0.05, 0.1) is 0 Å². The first-order valence-corrected chi connectivity index (χ1v) is 7.19. The molecule has 1 aliphatic heterocycles. The Bertz CT molecular complexity index is 208. The highest BCUT2D eigenvalue weighted by atomic mass is 15.3. The fourth-order valence-electron chi connectivity index (χ4n) is 2.83. The molecule has 0 saturated carbocycles. The summed E-state index contributed by atoms with van der Waals surface area (Å²) >= 11 is 0. The van der Waals surface area contributed by atoms with Crippen LogP contribution < -0.4 is 11.3 Å². The third-order valence-electron chi connectivity index (χ3n) is 4.26. The molecule has 0 radical (unpaired) electrons. The molecule has 1 atom stereocenters. The van der Waals surface area contributed by atoms with Crippen LogP contribution in [0.3, 0.4) is 0 Å². The predicted molar refractivity (Wildman–Crippen MR) is 74.7 cm³/mol. The average molecular weight is 241 g/mol. The van der Waals surface area contributed by atoms with E-state index < -0.39 is 0 Å². The molecule has 1 fully saturated rings. The second-order valence-corrected chi connectivity index (χ2v) is 6.39. The van der Waals surface area contributed by atoms with Crippen LogP contribution in [0.4, 0.5) is 0 Å². The van der Waals surface area contributed by atoms with E-state index in [4.69, 9.17) is 5.84 Å². The van der Waals surface area contributed by atoms with Gasteiger partial charge in [0, 0.05) is 11.6 Å². The van der Waals surface area contributed by atoms with E-state index >= 15 is 0 Å². The monoisotopic (exact) mass is 241 g/mol. The summed E-state index contributed by atoms with van der Waals surface area (Å²) in [5, 5.41) is 0. The maximum absolute atomic E-state index is 5.78. The van der Waals surface area contributed by atoms with Crippen LogP contribution in [0.15, 0.2) is 0 Å². The minimum Gasteiger partial charge on any atom is -0.297 e. The molecule has 3 heteroatoms. The summed E-state index contributed by atoms with van der Waals surface area (Å²) in [5.41, 5.74) is 3.22. The van der Waals surface area contributed by atoms with Crippen LogP contribution in [-0.4, -0.2) is 29.6 Å². The van der Waals surface area contributed by atoms with Crippen molar-refractivity contribution >= 4 is 0 Å². The van der Waals surface area contributed by atoms with E-state index in [0.29, 0.717) is 6.04 Å². The fourth-order valence-corrected chi connectivity index (χ4v) is 2.83. The van der Waals surface area contributed by atoms with Gasteiger partial charge in [-0.05, 0) is 58.5 Å². The van der Waals surface area contributed by atoms with Crippen LogP contribution in [-0.2, 0) is 0 Å². The molecule has 0 spiro atoms. The quantitative estimate of drug-likeness (QED) is 0.554.